The zero-order valence-electron chi connectivity index (χ0n) is 12.2. The molecule has 0 amide bonds. The summed E-state index contributed by atoms with van der Waals surface area (Å²) in [6, 6.07) is 4.00. The van der Waals surface area contributed by atoms with Crippen LogP contribution in [0.4, 0.5) is 10.1 Å². The molecule has 0 saturated heterocycles. The zero-order valence-corrected chi connectivity index (χ0v) is 13.0. The number of halogens is 1. The Hall–Kier alpha value is -2.68. The number of pyridine rings is 1. The first kappa shape index (κ1) is 16.7. The van der Waals surface area contributed by atoms with Gasteiger partial charge in [-0.15, -0.1) is 0 Å². The number of hydrogen-bond donors (Lipinski definition) is 2. The average Bonchev–Trinajstić information content (AvgIpc) is 2.47. The molecule has 7 nitrogen and oxygen atoms in total. The third kappa shape index (κ3) is 3.57. The van der Waals surface area contributed by atoms with Gasteiger partial charge in [-0.3, -0.25) is 4.72 Å². The number of benzene rings is 1. The van der Waals surface area contributed by atoms with Gasteiger partial charge in [-0.05, 0) is 36.8 Å². The third-order valence-electron chi connectivity index (χ3n) is 2.90. The fraction of sp³-hybridized carbons (Fsp3) is 0.143. The van der Waals surface area contributed by atoms with Gasteiger partial charge in [0, 0.05) is 6.20 Å². The molecule has 0 radical (unpaired) electrons. The lowest BCUT2D eigenvalue weighted by atomic mass is 10.2. The monoisotopic (exact) mass is 340 g/mol. The van der Waals surface area contributed by atoms with E-state index < -0.39 is 27.4 Å². The number of nitrogens with one attached hydrogen (secondary N) is 1. The van der Waals surface area contributed by atoms with Crippen LogP contribution in [0, 0.1) is 12.7 Å². The zero-order chi connectivity index (χ0) is 17.2. The van der Waals surface area contributed by atoms with Crippen LogP contribution in [0.1, 0.15) is 15.9 Å². The highest BCUT2D eigenvalue weighted by Crippen LogP contribution is 2.26. The number of aryl methyl sites for hydroxylation is 1. The van der Waals surface area contributed by atoms with Crippen LogP contribution in [0.2, 0.25) is 0 Å². The minimum absolute atomic E-state index is 0.0553. The second-order valence-electron chi connectivity index (χ2n) is 4.62. The molecule has 2 N–H and O–H groups in total. The second kappa shape index (κ2) is 6.21. The van der Waals surface area contributed by atoms with Gasteiger partial charge in [-0.1, -0.05) is 0 Å². The molecule has 2 rings (SSSR count). The number of anilines is 1. The molecule has 0 bridgehead atoms. The number of rotatable bonds is 5. The van der Waals surface area contributed by atoms with Crippen molar-refractivity contribution in [1.29, 1.82) is 0 Å². The van der Waals surface area contributed by atoms with Crippen LogP contribution in [-0.2, 0) is 10.0 Å². The molecule has 0 aliphatic heterocycles. The van der Waals surface area contributed by atoms with Crippen molar-refractivity contribution in [1.82, 2.24) is 4.98 Å². The molecule has 2 aromatic rings. The van der Waals surface area contributed by atoms with Crippen LogP contribution >= 0.6 is 0 Å². The quantitative estimate of drug-likeness (QED) is 0.863. The summed E-state index contributed by atoms with van der Waals surface area (Å²) in [4.78, 5) is 14.5. The van der Waals surface area contributed by atoms with E-state index in [2.05, 4.69) is 9.71 Å². The SMILES string of the molecule is COc1ncc(C)cc1NS(=O)(=O)c1ccc(F)c(C(=O)O)c1. The first-order valence-corrected chi connectivity index (χ1v) is 7.79. The van der Waals surface area contributed by atoms with Crippen molar-refractivity contribution in [2.24, 2.45) is 0 Å². The first-order valence-electron chi connectivity index (χ1n) is 6.31. The van der Waals surface area contributed by atoms with Gasteiger partial charge < -0.3 is 9.84 Å². The third-order valence-corrected chi connectivity index (χ3v) is 4.27. The first-order chi connectivity index (χ1) is 10.7. The standard InChI is InChI=1S/C14H13FN2O5S/c1-8-5-12(13(22-2)16-7-8)17-23(20,21)9-3-4-11(15)10(6-9)14(18)19/h3-7,17H,1-2H3,(H,18,19). The number of aromatic carboxylic acids is 1. The van der Waals surface area contributed by atoms with Crippen molar-refractivity contribution in [3.63, 3.8) is 0 Å². The van der Waals surface area contributed by atoms with E-state index in [1.54, 1.807) is 6.92 Å². The summed E-state index contributed by atoms with van der Waals surface area (Å²) in [6.07, 6.45) is 1.50. The van der Waals surface area contributed by atoms with Gasteiger partial charge in [-0.2, -0.15) is 0 Å². The van der Waals surface area contributed by atoms with Crippen LogP contribution < -0.4 is 9.46 Å². The van der Waals surface area contributed by atoms with Crippen LogP contribution in [0.5, 0.6) is 5.88 Å². The van der Waals surface area contributed by atoms with Gasteiger partial charge in [-0.25, -0.2) is 22.6 Å². The Kier molecular flexibility index (Phi) is 4.50. The Morgan fingerprint density at radius 3 is 2.65 bits per heavy atom. The van der Waals surface area contributed by atoms with Crippen molar-refractivity contribution in [2.75, 3.05) is 11.8 Å². The fourth-order valence-electron chi connectivity index (χ4n) is 1.83. The lowest BCUT2D eigenvalue weighted by Crippen LogP contribution is -2.15. The van der Waals surface area contributed by atoms with Crippen LogP contribution in [0.3, 0.4) is 0 Å². The maximum atomic E-state index is 13.4. The highest BCUT2D eigenvalue weighted by molar-refractivity contribution is 7.92. The predicted molar refractivity (Wildman–Crippen MR) is 79.7 cm³/mol. The minimum atomic E-state index is -4.14. The van der Waals surface area contributed by atoms with Crippen molar-refractivity contribution in [3.05, 3.63) is 47.4 Å². The summed E-state index contributed by atoms with van der Waals surface area (Å²) in [5, 5.41) is 8.88. The molecule has 0 atom stereocenters. The molecule has 9 heteroatoms. The van der Waals surface area contributed by atoms with Gasteiger partial charge in [0.05, 0.1) is 17.6 Å². The van der Waals surface area contributed by atoms with Crippen LogP contribution in [0.15, 0.2) is 35.4 Å². The molecule has 0 saturated carbocycles. The Labute approximate surface area is 131 Å². The summed E-state index contributed by atoms with van der Waals surface area (Å²) >= 11 is 0. The maximum absolute atomic E-state index is 13.4. The number of nitrogens with zero attached hydrogens (tertiary/aromatic N) is 1. The van der Waals surface area contributed by atoms with Gasteiger partial charge in [0.25, 0.3) is 10.0 Å². The number of carboxylic acids is 1. The molecule has 1 aromatic carbocycles. The van der Waals surface area contributed by atoms with E-state index in [-0.39, 0.29) is 16.5 Å². The topological polar surface area (TPSA) is 106 Å². The number of aromatic nitrogens is 1. The highest BCUT2D eigenvalue weighted by atomic mass is 32.2. The lowest BCUT2D eigenvalue weighted by Gasteiger charge is -2.12. The molecule has 0 spiro atoms. The van der Waals surface area contributed by atoms with Crippen molar-refractivity contribution in [2.45, 2.75) is 11.8 Å². The van der Waals surface area contributed by atoms with Gasteiger partial charge in [0.1, 0.15) is 11.5 Å². The molecule has 1 heterocycles. The summed E-state index contributed by atoms with van der Waals surface area (Å²) in [7, 11) is -2.81. The van der Waals surface area contributed by atoms with Crippen LogP contribution in [0.25, 0.3) is 0 Å². The minimum Gasteiger partial charge on any atom is -0.480 e. The van der Waals surface area contributed by atoms with E-state index in [0.717, 1.165) is 18.2 Å². The number of methoxy groups -OCH3 is 1. The second-order valence-corrected chi connectivity index (χ2v) is 6.30. The van der Waals surface area contributed by atoms with Gasteiger partial charge >= 0.3 is 5.97 Å². The number of ether oxygens (including phenoxy) is 1. The van der Waals surface area contributed by atoms with Crippen molar-refractivity contribution < 1.29 is 27.4 Å². The Morgan fingerprint density at radius 2 is 2.04 bits per heavy atom. The average molecular weight is 340 g/mol. The number of sulfonamides is 1. The molecular formula is C14H13FN2O5S. The predicted octanol–water partition coefficient (Wildman–Crippen LogP) is 2.04. The van der Waals surface area contributed by atoms with Crippen molar-refractivity contribution in [3.8, 4) is 5.88 Å². The number of hydrogen-bond acceptors (Lipinski definition) is 5. The van der Waals surface area contributed by atoms with E-state index in [1.807, 2.05) is 0 Å². The normalized spacial score (nSPS) is 11.1. The Bertz CT molecular complexity index is 867. The van der Waals surface area contributed by atoms with E-state index in [0.29, 0.717) is 5.56 Å². The maximum Gasteiger partial charge on any atom is 0.338 e. The van der Waals surface area contributed by atoms with E-state index in [4.69, 9.17) is 9.84 Å². The molecule has 0 fully saturated rings. The molecule has 1 aromatic heterocycles. The summed E-state index contributed by atoms with van der Waals surface area (Å²) in [5.74, 6) is -2.53. The van der Waals surface area contributed by atoms with E-state index in [9.17, 15) is 17.6 Å². The molecule has 0 unspecified atom stereocenters. The molecule has 0 aliphatic carbocycles. The smallest absolute Gasteiger partial charge is 0.338 e. The molecule has 122 valence electrons. The van der Waals surface area contributed by atoms with Crippen molar-refractivity contribution >= 4 is 21.7 Å². The number of carbonyl (C=O) groups is 1. The lowest BCUT2D eigenvalue weighted by molar-refractivity contribution is 0.0691. The van der Waals surface area contributed by atoms with Crippen LogP contribution in [-0.4, -0.2) is 31.6 Å². The summed E-state index contributed by atoms with van der Waals surface area (Å²) in [6.45, 7) is 1.71. The molecule has 23 heavy (non-hydrogen) atoms. The van der Waals surface area contributed by atoms with Gasteiger partial charge in [0.2, 0.25) is 5.88 Å². The fourth-order valence-corrected chi connectivity index (χ4v) is 2.91. The largest absolute Gasteiger partial charge is 0.480 e. The number of carboxylic acid groups (broad SMARTS) is 1. The highest BCUT2D eigenvalue weighted by Gasteiger charge is 2.21. The summed E-state index contributed by atoms with van der Waals surface area (Å²) in [5.41, 5.74) is 0.0461. The summed E-state index contributed by atoms with van der Waals surface area (Å²) < 4.78 is 45.3. The Morgan fingerprint density at radius 1 is 1.35 bits per heavy atom. The van der Waals surface area contributed by atoms with Gasteiger partial charge in [0.15, 0.2) is 0 Å². The molecule has 0 aliphatic rings. The van der Waals surface area contributed by atoms with E-state index in [1.165, 1.54) is 19.4 Å². The Balaban J connectivity index is 2.46. The van der Waals surface area contributed by atoms with E-state index >= 15 is 0 Å². The molecular weight excluding hydrogens is 327 g/mol.